The van der Waals surface area contributed by atoms with Crippen LogP contribution in [-0.4, -0.2) is 30.1 Å². The van der Waals surface area contributed by atoms with Gasteiger partial charge in [0.2, 0.25) is 0 Å². The fourth-order valence-corrected chi connectivity index (χ4v) is 4.00. The van der Waals surface area contributed by atoms with Crippen LogP contribution in [0.25, 0.3) is 43.5 Å². The van der Waals surface area contributed by atoms with E-state index in [-0.39, 0.29) is 18.0 Å². The van der Waals surface area contributed by atoms with Gasteiger partial charge >= 0.3 is 5.63 Å². The molecule has 2 heterocycles. The highest BCUT2D eigenvalue weighted by Gasteiger charge is 2.19. The van der Waals surface area contributed by atoms with Crippen LogP contribution in [0.5, 0.6) is 0 Å². The summed E-state index contributed by atoms with van der Waals surface area (Å²) in [5, 5.41) is 4.93. The zero-order valence-corrected chi connectivity index (χ0v) is 16.6. The van der Waals surface area contributed by atoms with Gasteiger partial charge in [-0.2, -0.15) is 0 Å². The zero-order chi connectivity index (χ0) is 18.5. The molecule has 0 aliphatic rings. The molecule has 0 saturated carbocycles. The molecule has 5 aromatic rings. The highest BCUT2D eigenvalue weighted by atomic mass is 35.5. The first-order valence-corrected chi connectivity index (χ1v) is 9.15. The predicted octanol–water partition coefficient (Wildman–Crippen LogP) is 5.04. The Kier molecular flexibility index (Phi) is 4.61. The van der Waals surface area contributed by atoms with E-state index in [0.29, 0.717) is 11.0 Å². The maximum absolute atomic E-state index is 12.6. The second-order valence-corrected chi connectivity index (χ2v) is 7.25. The van der Waals surface area contributed by atoms with Gasteiger partial charge in [0.05, 0.1) is 16.4 Å². The van der Waals surface area contributed by atoms with Gasteiger partial charge in [0.25, 0.3) is 0 Å². The number of hydrogen-bond acceptors (Lipinski definition) is 3. The maximum atomic E-state index is 12.6. The van der Waals surface area contributed by atoms with Crippen molar-refractivity contribution in [1.29, 1.82) is 0 Å². The van der Waals surface area contributed by atoms with Crippen LogP contribution in [0, 0.1) is 0 Å². The normalized spacial score (nSPS) is 11.7. The highest BCUT2D eigenvalue weighted by molar-refractivity contribution is 6.20. The molecule has 0 aliphatic carbocycles. The first-order valence-electron chi connectivity index (χ1n) is 9.15. The third kappa shape index (κ3) is 2.68. The van der Waals surface area contributed by atoms with Crippen LogP contribution in [0.2, 0.25) is 0 Å². The predicted molar refractivity (Wildman–Crippen MR) is 119 cm³/mol. The van der Waals surface area contributed by atoms with E-state index < -0.39 is 0 Å². The quantitative estimate of drug-likeness (QED) is 0.432. The van der Waals surface area contributed by atoms with Crippen LogP contribution in [0.1, 0.15) is 0 Å². The Bertz CT molecular complexity index is 1380. The SMILES string of the molecule is CN(C)CCn1c2c3ccccc3ccc2c2oc(=O)c3ccccc3c21.Cl. The number of likely N-dealkylation sites (N-methyl/N-ethyl adjacent to an activating group) is 1. The summed E-state index contributed by atoms with van der Waals surface area (Å²) in [6.07, 6.45) is 0. The van der Waals surface area contributed by atoms with Gasteiger partial charge in [-0.25, -0.2) is 4.79 Å². The number of benzene rings is 3. The molecule has 3 aromatic carbocycles. The van der Waals surface area contributed by atoms with Crippen molar-refractivity contribution in [2.75, 3.05) is 20.6 Å². The van der Waals surface area contributed by atoms with Crippen LogP contribution in [-0.2, 0) is 6.54 Å². The highest BCUT2D eigenvalue weighted by Crippen LogP contribution is 2.36. The number of fused-ring (bicyclic) bond motifs is 7. The van der Waals surface area contributed by atoms with Crippen molar-refractivity contribution < 1.29 is 4.42 Å². The van der Waals surface area contributed by atoms with E-state index in [4.69, 9.17) is 4.42 Å². The minimum atomic E-state index is -0.280. The topological polar surface area (TPSA) is 38.4 Å². The van der Waals surface area contributed by atoms with Gasteiger partial charge in [0.15, 0.2) is 5.58 Å². The smallest absolute Gasteiger partial charge is 0.344 e. The average Bonchev–Trinajstić information content (AvgIpc) is 3.00. The van der Waals surface area contributed by atoms with Crippen molar-refractivity contribution in [1.82, 2.24) is 9.47 Å². The van der Waals surface area contributed by atoms with E-state index in [2.05, 4.69) is 60.0 Å². The summed E-state index contributed by atoms with van der Waals surface area (Å²) in [5.41, 5.74) is 2.53. The van der Waals surface area contributed by atoms with E-state index in [0.717, 1.165) is 34.9 Å². The molecule has 0 N–H and O–H groups in total. The summed E-state index contributed by atoms with van der Waals surface area (Å²) in [5.74, 6) is 0. The molecular formula is C23H21ClN2O2. The third-order valence-corrected chi connectivity index (χ3v) is 5.27. The van der Waals surface area contributed by atoms with Gasteiger partial charge in [0.1, 0.15) is 0 Å². The number of nitrogens with zero attached hydrogens (tertiary/aromatic N) is 2. The molecule has 0 radical (unpaired) electrons. The Morgan fingerprint density at radius 1 is 0.821 bits per heavy atom. The molecule has 0 aliphatic heterocycles. The number of aromatic nitrogens is 1. The maximum Gasteiger partial charge on any atom is 0.344 e. The lowest BCUT2D eigenvalue weighted by Gasteiger charge is -2.14. The van der Waals surface area contributed by atoms with Gasteiger partial charge in [-0.1, -0.05) is 48.5 Å². The van der Waals surface area contributed by atoms with Crippen molar-refractivity contribution in [2.45, 2.75) is 6.54 Å². The van der Waals surface area contributed by atoms with Crippen molar-refractivity contribution in [3.63, 3.8) is 0 Å². The lowest BCUT2D eigenvalue weighted by atomic mass is 10.1. The first-order chi connectivity index (χ1) is 13.1. The second-order valence-electron chi connectivity index (χ2n) is 7.25. The minimum Gasteiger partial charge on any atom is -0.420 e. The average molecular weight is 393 g/mol. The van der Waals surface area contributed by atoms with Crippen molar-refractivity contribution in [3.8, 4) is 0 Å². The molecule has 0 atom stereocenters. The number of hydrogen-bond donors (Lipinski definition) is 0. The minimum absolute atomic E-state index is 0. The van der Waals surface area contributed by atoms with Gasteiger partial charge in [-0.15, -0.1) is 12.4 Å². The van der Waals surface area contributed by atoms with Gasteiger partial charge in [-0.3, -0.25) is 0 Å². The Hall–Kier alpha value is -2.82. The lowest BCUT2D eigenvalue weighted by molar-refractivity contribution is 0.389. The van der Waals surface area contributed by atoms with Crippen molar-refractivity contribution >= 4 is 56.0 Å². The summed E-state index contributed by atoms with van der Waals surface area (Å²) < 4.78 is 8.15. The lowest BCUT2D eigenvalue weighted by Crippen LogP contribution is -2.18. The van der Waals surface area contributed by atoms with Crippen LogP contribution in [0.4, 0.5) is 0 Å². The fraction of sp³-hybridized carbons (Fsp3) is 0.174. The third-order valence-electron chi connectivity index (χ3n) is 5.27. The molecule has 0 fully saturated rings. The molecule has 5 rings (SSSR count). The summed E-state index contributed by atoms with van der Waals surface area (Å²) in [7, 11) is 4.15. The summed E-state index contributed by atoms with van der Waals surface area (Å²) in [4.78, 5) is 14.8. The summed E-state index contributed by atoms with van der Waals surface area (Å²) in [6, 6.07) is 20.3. The Morgan fingerprint density at radius 2 is 1.50 bits per heavy atom. The zero-order valence-electron chi connectivity index (χ0n) is 15.8. The molecule has 5 heteroatoms. The summed E-state index contributed by atoms with van der Waals surface area (Å²) >= 11 is 0. The van der Waals surface area contributed by atoms with Crippen LogP contribution in [0.15, 0.2) is 69.9 Å². The Labute approximate surface area is 168 Å². The molecule has 2 aromatic heterocycles. The largest absolute Gasteiger partial charge is 0.420 e. The van der Waals surface area contributed by atoms with Crippen LogP contribution < -0.4 is 5.63 Å². The first kappa shape index (κ1) is 18.5. The second kappa shape index (κ2) is 6.97. The molecule has 28 heavy (non-hydrogen) atoms. The monoisotopic (exact) mass is 392 g/mol. The van der Waals surface area contributed by atoms with Crippen LogP contribution in [0.3, 0.4) is 0 Å². The van der Waals surface area contributed by atoms with Gasteiger partial charge in [-0.05, 0) is 31.6 Å². The molecule has 0 spiro atoms. The van der Waals surface area contributed by atoms with Crippen molar-refractivity contribution in [2.24, 2.45) is 0 Å². The Balaban J connectivity index is 0.00000192. The number of halogens is 1. The van der Waals surface area contributed by atoms with E-state index in [1.807, 2.05) is 24.3 Å². The number of rotatable bonds is 3. The molecule has 0 unspecified atom stereocenters. The van der Waals surface area contributed by atoms with E-state index in [9.17, 15) is 4.79 Å². The fourth-order valence-electron chi connectivity index (χ4n) is 4.00. The Morgan fingerprint density at radius 3 is 2.25 bits per heavy atom. The standard InChI is InChI=1S/C23H20N2O2.ClH/c1-24(2)13-14-25-20-16-8-4-3-7-15(16)11-12-19(20)22-21(25)17-9-5-6-10-18(17)23(26)27-22;/h3-12H,13-14H2,1-2H3;1H. The molecule has 0 amide bonds. The molecule has 0 bridgehead atoms. The summed E-state index contributed by atoms with van der Waals surface area (Å²) in [6.45, 7) is 1.72. The van der Waals surface area contributed by atoms with Gasteiger partial charge < -0.3 is 13.9 Å². The van der Waals surface area contributed by atoms with Gasteiger partial charge in [0, 0.05) is 29.2 Å². The molecule has 142 valence electrons. The molecule has 0 saturated heterocycles. The van der Waals surface area contributed by atoms with Crippen molar-refractivity contribution in [3.05, 3.63) is 71.1 Å². The van der Waals surface area contributed by atoms with E-state index in [1.165, 1.54) is 10.8 Å². The van der Waals surface area contributed by atoms with Crippen LogP contribution >= 0.6 is 12.4 Å². The van der Waals surface area contributed by atoms with E-state index >= 15 is 0 Å². The molecular weight excluding hydrogens is 372 g/mol. The van der Waals surface area contributed by atoms with E-state index in [1.54, 1.807) is 0 Å². The molecule has 4 nitrogen and oxygen atoms in total.